The molecule has 1 amide bonds. The fraction of sp³-hybridized carbons (Fsp3) is 0.300. The van der Waals surface area contributed by atoms with Gasteiger partial charge in [0.25, 0.3) is 0 Å². The van der Waals surface area contributed by atoms with Gasteiger partial charge in [0.2, 0.25) is 5.91 Å². The van der Waals surface area contributed by atoms with Crippen LogP contribution in [-0.4, -0.2) is 20.7 Å². The monoisotopic (exact) mass is 407 g/mol. The molecule has 8 heteroatoms. The van der Waals surface area contributed by atoms with E-state index in [1.165, 1.54) is 11.8 Å². The number of rotatable bonds is 6. The highest BCUT2D eigenvalue weighted by atomic mass is 32.2. The highest BCUT2D eigenvalue weighted by molar-refractivity contribution is 8.00. The van der Waals surface area contributed by atoms with Gasteiger partial charge in [0.1, 0.15) is 0 Å². The minimum absolute atomic E-state index is 0.373. The molecule has 0 radical (unpaired) electrons. The van der Waals surface area contributed by atoms with Crippen LogP contribution in [-0.2, 0) is 11.3 Å². The van der Waals surface area contributed by atoms with Gasteiger partial charge in [-0.2, -0.15) is 0 Å². The second-order valence-electron chi connectivity index (χ2n) is 6.86. The zero-order valence-corrected chi connectivity index (χ0v) is 16.5. The number of nitrogens with zero attached hydrogens (tertiary/aromatic N) is 2. The first-order valence-electron chi connectivity index (χ1n) is 8.84. The summed E-state index contributed by atoms with van der Waals surface area (Å²) in [6.45, 7) is 6.56. The lowest BCUT2D eigenvalue weighted by Gasteiger charge is -2.15. The smallest absolute Gasteiger partial charge is 0.237 e. The van der Waals surface area contributed by atoms with Gasteiger partial charge in [-0.15, -0.1) is 0 Å². The predicted molar refractivity (Wildman–Crippen MR) is 105 cm³/mol. The molecule has 1 N–H and O–H groups in total. The molecule has 0 saturated carbocycles. The van der Waals surface area contributed by atoms with Gasteiger partial charge in [-0.3, -0.25) is 4.79 Å². The molecule has 1 aromatic heterocycles. The maximum atomic E-state index is 13.8. The van der Waals surface area contributed by atoms with E-state index in [-0.39, 0.29) is 0 Å². The van der Waals surface area contributed by atoms with Crippen molar-refractivity contribution in [2.45, 2.75) is 37.7 Å². The number of carbonyl (C=O) groups excluding carboxylic acids is 1. The quantitative estimate of drug-likeness (QED) is 0.450. The Hall–Kier alpha value is -2.48. The first-order chi connectivity index (χ1) is 13.3. The average molecular weight is 407 g/mol. The summed E-state index contributed by atoms with van der Waals surface area (Å²) in [6.07, 6.45) is 0. The summed E-state index contributed by atoms with van der Waals surface area (Å²) in [5, 5.41) is 2.35. The van der Waals surface area contributed by atoms with Crippen LogP contribution < -0.4 is 5.32 Å². The lowest BCUT2D eigenvalue weighted by Crippen LogP contribution is -2.24. The van der Waals surface area contributed by atoms with Crippen molar-refractivity contribution in [3.8, 4) is 0 Å². The summed E-state index contributed by atoms with van der Waals surface area (Å²) in [5.74, 6) is -4.50. The van der Waals surface area contributed by atoms with E-state index in [1.807, 2.05) is 28.8 Å². The number of para-hydroxylation sites is 2. The molecule has 0 saturated heterocycles. The van der Waals surface area contributed by atoms with E-state index in [1.54, 1.807) is 6.92 Å². The molecule has 0 aliphatic carbocycles. The standard InChI is InChI=1S/C20H20F3N3OS/c1-11(2)10-26-16-7-5-4-6-14(16)25-20(26)28-12(3)19(27)24-15-9-8-13(21)17(22)18(15)23/h4-9,11-12H,10H2,1-3H3,(H,24,27)/t12-/m0/s1. The topological polar surface area (TPSA) is 46.9 Å². The molecule has 0 aliphatic heterocycles. The zero-order chi connectivity index (χ0) is 20.4. The third-order valence-electron chi connectivity index (χ3n) is 4.11. The predicted octanol–water partition coefficient (Wildman–Crippen LogP) is 5.23. The average Bonchev–Trinajstić information content (AvgIpc) is 2.99. The van der Waals surface area contributed by atoms with E-state index in [2.05, 4.69) is 24.1 Å². The number of amides is 1. The molecular weight excluding hydrogens is 387 g/mol. The Bertz CT molecular complexity index is 1020. The third kappa shape index (κ3) is 4.16. The van der Waals surface area contributed by atoms with Crippen LogP contribution in [0.3, 0.4) is 0 Å². The van der Waals surface area contributed by atoms with Gasteiger partial charge >= 0.3 is 0 Å². The molecule has 4 nitrogen and oxygen atoms in total. The molecule has 1 heterocycles. The molecular formula is C20H20F3N3OS. The van der Waals surface area contributed by atoms with Crippen LogP contribution in [0.25, 0.3) is 11.0 Å². The van der Waals surface area contributed by atoms with Gasteiger partial charge in [-0.25, -0.2) is 18.2 Å². The minimum Gasteiger partial charge on any atom is -0.323 e. The number of anilines is 1. The fourth-order valence-electron chi connectivity index (χ4n) is 2.75. The van der Waals surface area contributed by atoms with Crippen molar-refractivity contribution < 1.29 is 18.0 Å². The number of fused-ring (bicyclic) bond motifs is 1. The normalized spacial score (nSPS) is 12.5. The highest BCUT2D eigenvalue weighted by Crippen LogP contribution is 2.29. The van der Waals surface area contributed by atoms with Crippen LogP contribution in [0.4, 0.5) is 18.9 Å². The number of imidazole rings is 1. The van der Waals surface area contributed by atoms with Gasteiger partial charge in [0, 0.05) is 6.54 Å². The molecule has 3 rings (SSSR count). The molecule has 1 atom stereocenters. The Balaban J connectivity index is 1.82. The molecule has 0 fully saturated rings. The number of thioether (sulfide) groups is 1. The lowest BCUT2D eigenvalue weighted by atomic mass is 10.2. The van der Waals surface area contributed by atoms with E-state index in [9.17, 15) is 18.0 Å². The largest absolute Gasteiger partial charge is 0.323 e. The minimum atomic E-state index is -1.61. The number of halogens is 3. The third-order valence-corrected chi connectivity index (χ3v) is 5.20. The molecule has 148 valence electrons. The van der Waals surface area contributed by atoms with Crippen molar-refractivity contribution >= 4 is 34.4 Å². The van der Waals surface area contributed by atoms with Gasteiger partial charge in [0.15, 0.2) is 22.6 Å². The van der Waals surface area contributed by atoms with Crippen molar-refractivity contribution in [2.24, 2.45) is 5.92 Å². The van der Waals surface area contributed by atoms with Crippen LogP contribution in [0.5, 0.6) is 0 Å². The Labute approximate surface area is 165 Å². The Morgan fingerprint density at radius 1 is 1.11 bits per heavy atom. The van der Waals surface area contributed by atoms with Crippen LogP contribution in [0.15, 0.2) is 41.6 Å². The number of nitrogens with one attached hydrogen (secondary N) is 1. The number of hydrogen-bond donors (Lipinski definition) is 1. The Morgan fingerprint density at radius 3 is 2.54 bits per heavy atom. The van der Waals surface area contributed by atoms with E-state index in [4.69, 9.17) is 0 Å². The molecule has 0 unspecified atom stereocenters. The second kappa shape index (κ2) is 8.26. The summed E-state index contributed by atoms with van der Waals surface area (Å²) in [6, 6.07) is 9.46. The highest BCUT2D eigenvalue weighted by Gasteiger charge is 2.22. The fourth-order valence-corrected chi connectivity index (χ4v) is 3.69. The Kier molecular flexibility index (Phi) is 5.98. The van der Waals surface area contributed by atoms with Gasteiger partial charge in [-0.1, -0.05) is 37.7 Å². The van der Waals surface area contributed by atoms with E-state index in [0.29, 0.717) is 11.1 Å². The summed E-state index contributed by atoms with van der Waals surface area (Å²) < 4.78 is 42.3. The molecule has 0 bridgehead atoms. The van der Waals surface area contributed by atoms with Gasteiger partial charge in [0.05, 0.1) is 22.0 Å². The van der Waals surface area contributed by atoms with Crippen molar-refractivity contribution in [3.63, 3.8) is 0 Å². The molecule has 0 spiro atoms. The van der Waals surface area contributed by atoms with Crippen molar-refractivity contribution in [1.82, 2.24) is 9.55 Å². The molecule has 28 heavy (non-hydrogen) atoms. The van der Waals surface area contributed by atoms with Crippen LogP contribution in [0.1, 0.15) is 20.8 Å². The summed E-state index contributed by atoms with van der Waals surface area (Å²) >= 11 is 1.23. The summed E-state index contributed by atoms with van der Waals surface area (Å²) in [4.78, 5) is 17.1. The van der Waals surface area contributed by atoms with Crippen molar-refractivity contribution in [1.29, 1.82) is 0 Å². The summed E-state index contributed by atoms with van der Waals surface area (Å²) in [7, 11) is 0. The van der Waals surface area contributed by atoms with Crippen LogP contribution >= 0.6 is 11.8 Å². The van der Waals surface area contributed by atoms with Gasteiger partial charge < -0.3 is 9.88 Å². The second-order valence-corrected chi connectivity index (χ2v) is 8.17. The number of aromatic nitrogens is 2. The van der Waals surface area contributed by atoms with E-state index in [0.717, 1.165) is 29.7 Å². The van der Waals surface area contributed by atoms with E-state index < -0.39 is 34.3 Å². The van der Waals surface area contributed by atoms with E-state index >= 15 is 0 Å². The molecule has 2 aromatic carbocycles. The first-order valence-corrected chi connectivity index (χ1v) is 9.72. The summed E-state index contributed by atoms with van der Waals surface area (Å²) in [5.41, 5.74) is 1.40. The van der Waals surface area contributed by atoms with Crippen molar-refractivity contribution in [2.75, 3.05) is 5.32 Å². The Morgan fingerprint density at radius 2 is 1.82 bits per heavy atom. The maximum absolute atomic E-state index is 13.8. The van der Waals surface area contributed by atoms with Crippen molar-refractivity contribution in [3.05, 3.63) is 53.8 Å². The number of benzene rings is 2. The molecule has 3 aromatic rings. The number of hydrogen-bond acceptors (Lipinski definition) is 3. The zero-order valence-electron chi connectivity index (χ0n) is 15.7. The van der Waals surface area contributed by atoms with Crippen LogP contribution in [0, 0.1) is 23.4 Å². The first kappa shape index (κ1) is 20.3. The maximum Gasteiger partial charge on any atom is 0.237 e. The van der Waals surface area contributed by atoms with Gasteiger partial charge in [-0.05, 0) is 37.1 Å². The number of carbonyl (C=O) groups is 1. The molecule has 0 aliphatic rings. The lowest BCUT2D eigenvalue weighted by molar-refractivity contribution is -0.115. The van der Waals surface area contributed by atoms with Crippen LogP contribution in [0.2, 0.25) is 0 Å². The SMILES string of the molecule is CC(C)Cn1c(S[C@@H](C)C(=O)Nc2ccc(F)c(F)c2F)nc2ccccc21.